The zero-order chi connectivity index (χ0) is 17.8. The van der Waals surface area contributed by atoms with Crippen molar-refractivity contribution in [2.24, 2.45) is 0 Å². The molecule has 0 bridgehead atoms. The lowest BCUT2D eigenvalue weighted by atomic mass is 10.1. The molecule has 0 saturated heterocycles. The van der Waals surface area contributed by atoms with Crippen molar-refractivity contribution in [3.8, 4) is 11.3 Å². The molecule has 2 aromatic carbocycles. The maximum absolute atomic E-state index is 12.5. The van der Waals surface area contributed by atoms with E-state index >= 15 is 0 Å². The number of nitrogens with zero attached hydrogens (tertiary/aromatic N) is 2. The van der Waals surface area contributed by atoms with Crippen molar-refractivity contribution in [1.29, 1.82) is 0 Å². The molecule has 0 radical (unpaired) electrons. The van der Waals surface area contributed by atoms with Gasteiger partial charge >= 0.3 is 0 Å². The van der Waals surface area contributed by atoms with E-state index in [9.17, 15) is 9.59 Å². The van der Waals surface area contributed by atoms with Crippen LogP contribution in [-0.4, -0.2) is 15.7 Å². The number of benzene rings is 2. The number of carbonyl (C=O) groups excluding carboxylic acids is 1. The highest BCUT2D eigenvalue weighted by molar-refractivity contribution is 6.30. The van der Waals surface area contributed by atoms with Crippen molar-refractivity contribution in [2.75, 3.05) is 5.32 Å². The minimum Gasteiger partial charge on any atom is -0.324 e. The number of hydrogen-bond donors (Lipinski definition) is 1. The third kappa shape index (κ3) is 3.95. The molecule has 1 amide bonds. The summed E-state index contributed by atoms with van der Waals surface area (Å²) in [6.45, 7) is 1.63. The molecule has 1 aromatic heterocycles. The molecule has 0 fully saturated rings. The molecule has 6 heteroatoms. The lowest BCUT2D eigenvalue weighted by molar-refractivity contribution is -0.119. The van der Waals surface area contributed by atoms with Gasteiger partial charge in [0.05, 0.1) is 5.69 Å². The fraction of sp³-hybridized carbons (Fsp3) is 0.105. The first-order valence-corrected chi connectivity index (χ1v) is 8.14. The molecule has 3 aromatic rings. The van der Waals surface area contributed by atoms with Crippen LogP contribution in [0.3, 0.4) is 0 Å². The van der Waals surface area contributed by atoms with Crippen molar-refractivity contribution in [3.05, 3.63) is 82.1 Å². The summed E-state index contributed by atoms with van der Waals surface area (Å²) in [6, 6.07) is 18.6. The van der Waals surface area contributed by atoms with Crippen LogP contribution in [0.5, 0.6) is 0 Å². The van der Waals surface area contributed by atoms with Crippen LogP contribution in [0.1, 0.15) is 13.0 Å². The van der Waals surface area contributed by atoms with Gasteiger partial charge in [-0.3, -0.25) is 9.59 Å². The van der Waals surface area contributed by atoms with Gasteiger partial charge in [-0.2, -0.15) is 5.10 Å². The Balaban J connectivity index is 1.86. The quantitative estimate of drug-likeness (QED) is 0.776. The fourth-order valence-corrected chi connectivity index (χ4v) is 2.48. The summed E-state index contributed by atoms with van der Waals surface area (Å²) in [5.74, 6) is -0.331. The maximum Gasteiger partial charge on any atom is 0.267 e. The van der Waals surface area contributed by atoms with E-state index < -0.39 is 6.04 Å². The van der Waals surface area contributed by atoms with Crippen molar-refractivity contribution in [1.82, 2.24) is 9.78 Å². The SMILES string of the molecule is CC(C(=O)Nc1ccc(Cl)cc1)n1nc(-c2ccccc2)ccc1=O. The molecular formula is C19H16ClN3O2. The van der Waals surface area contributed by atoms with Crippen molar-refractivity contribution < 1.29 is 4.79 Å². The third-order valence-electron chi connectivity index (χ3n) is 3.75. The molecule has 0 saturated carbocycles. The molecule has 3 rings (SSSR count). The molecule has 126 valence electrons. The predicted molar refractivity (Wildman–Crippen MR) is 98.7 cm³/mol. The Morgan fingerprint density at radius 3 is 2.40 bits per heavy atom. The standard InChI is InChI=1S/C19H16ClN3O2/c1-13(19(25)21-16-9-7-15(20)8-10-16)23-18(24)12-11-17(22-23)14-5-3-2-4-6-14/h2-13H,1H3,(H,21,25). The van der Waals surface area contributed by atoms with Crippen molar-refractivity contribution in [2.45, 2.75) is 13.0 Å². The highest BCUT2D eigenvalue weighted by atomic mass is 35.5. The molecule has 0 aliphatic heterocycles. The highest BCUT2D eigenvalue weighted by Gasteiger charge is 2.18. The number of aromatic nitrogens is 2. The number of carbonyl (C=O) groups is 1. The van der Waals surface area contributed by atoms with Gasteiger partial charge in [0, 0.05) is 22.3 Å². The second-order valence-corrected chi connectivity index (χ2v) is 5.98. The van der Waals surface area contributed by atoms with Crippen LogP contribution in [0.25, 0.3) is 11.3 Å². The summed E-state index contributed by atoms with van der Waals surface area (Å²) < 4.78 is 1.19. The molecule has 0 aliphatic rings. The van der Waals surface area contributed by atoms with Gasteiger partial charge in [-0.1, -0.05) is 41.9 Å². The average Bonchev–Trinajstić information content (AvgIpc) is 2.64. The van der Waals surface area contributed by atoms with Gasteiger partial charge in [-0.15, -0.1) is 0 Å². The monoisotopic (exact) mass is 353 g/mol. The molecule has 5 nitrogen and oxygen atoms in total. The Hall–Kier alpha value is -2.92. The fourth-order valence-electron chi connectivity index (χ4n) is 2.36. The van der Waals surface area contributed by atoms with E-state index in [1.165, 1.54) is 10.7 Å². The number of hydrogen-bond acceptors (Lipinski definition) is 3. The van der Waals surface area contributed by atoms with E-state index in [1.807, 2.05) is 30.3 Å². The maximum atomic E-state index is 12.5. The van der Waals surface area contributed by atoms with Gasteiger partial charge < -0.3 is 5.32 Å². The molecule has 1 heterocycles. The number of amides is 1. The summed E-state index contributed by atoms with van der Waals surface area (Å²) >= 11 is 5.83. The first-order valence-electron chi connectivity index (χ1n) is 7.76. The minimum absolute atomic E-state index is 0.331. The molecule has 1 N–H and O–H groups in total. The van der Waals surface area contributed by atoms with E-state index in [-0.39, 0.29) is 11.5 Å². The minimum atomic E-state index is -0.758. The Kier molecular flexibility index (Phi) is 4.95. The van der Waals surface area contributed by atoms with Crippen LogP contribution in [0.15, 0.2) is 71.5 Å². The van der Waals surface area contributed by atoms with Gasteiger partial charge in [0.1, 0.15) is 6.04 Å². The Morgan fingerprint density at radius 1 is 1.04 bits per heavy atom. The van der Waals surface area contributed by atoms with Crippen molar-refractivity contribution >= 4 is 23.2 Å². The second-order valence-electron chi connectivity index (χ2n) is 5.54. The van der Waals surface area contributed by atoms with E-state index in [0.29, 0.717) is 16.4 Å². The molecular weight excluding hydrogens is 338 g/mol. The summed E-state index contributed by atoms with van der Waals surface area (Å²) in [4.78, 5) is 24.6. The zero-order valence-electron chi connectivity index (χ0n) is 13.5. The van der Waals surface area contributed by atoms with Gasteiger partial charge in [0.2, 0.25) is 5.91 Å². The lowest BCUT2D eigenvalue weighted by Gasteiger charge is -2.15. The normalized spacial score (nSPS) is 11.8. The first-order chi connectivity index (χ1) is 12.0. The average molecular weight is 354 g/mol. The van der Waals surface area contributed by atoms with Crippen LogP contribution in [-0.2, 0) is 4.79 Å². The van der Waals surface area contributed by atoms with Crippen LogP contribution in [0.4, 0.5) is 5.69 Å². The number of halogens is 1. The Morgan fingerprint density at radius 2 is 1.72 bits per heavy atom. The van der Waals surface area contributed by atoms with Gasteiger partial charge in [0.25, 0.3) is 5.56 Å². The summed E-state index contributed by atoms with van der Waals surface area (Å²) in [5.41, 5.74) is 1.78. The van der Waals surface area contributed by atoms with Crippen LogP contribution in [0, 0.1) is 0 Å². The first kappa shape index (κ1) is 16.9. The molecule has 1 unspecified atom stereocenters. The smallest absolute Gasteiger partial charge is 0.267 e. The summed E-state index contributed by atoms with van der Waals surface area (Å²) in [6.07, 6.45) is 0. The zero-order valence-corrected chi connectivity index (χ0v) is 14.3. The topological polar surface area (TPSA) is 64.0 Å². The van der Waals surface area contributed by atoms with E-state index in [2.05, 4.69) is 10.4 Å². The van der Waals surface area contributed by atoms with E-state index in [0.717, 1.165) is 5.56 Å². The highest BCUT2D eigenvalue weighted by Crippen LogP contribution is 2.17. The Bertz CT molecular complexity index is 937. The van der Waals surface area contributed by atoms with Gasteiger partial charge in [-0.05, 0) is 37.3 Å². The van der Waals surface area contributed by atoms with Crippen LogP contribution in [0.2, 0.25) is 5.02 Å². The summed E-state index contributed by atoms with van der Waals surface area (Å²) in [5, 5.41) is 7.68. The lowest BCUT2D eigenvalue weighted by Crippen LogP contribution is -2.33. The molecule has 0 spiro atoms. The van der Waals surface area contributed by atoms with E-state index in [1.54, 1.807) is 37.3 Å². The third-order valence-corrected chi connectivity index (χ3v) is 4.00. The van der Waals surface area contributed by atoms with Crippen LogP contribution >= 0.6 is 11.6 Å². The number of rotatable bonds is 4. The van der Waals surface area contributed by atoms with Crippen LogP contribution < -0.4 is 10.9 Å². The Labute approximate surface area is 149 Å². The van der Waals surface area contributed by atoms with Gasteiger partial charge in [0.15, 0.2) is 0 Å². The molecule has 1 atom stereocenters. The number of nitrogens with one attached hydrogen (secondary N) is 1. The van der Waals surface area contributed by atoms with E-state index in [4.69, 9.17) is 11.6 Å². The molecule has 0 aliphatic carbocycles. The number of anilines is 1. The largest absolute Gasteiger partial charge is 0.324 e. The second kappa shape index (κ2) is 7.32. The molecule has 25 heavy (non-hydrogen) atoms. The van der Waals surface area contributed by atoms with Gasteiger partial charge in [-0.25, -0.2) is 4.68 Å². The summed E-state index contributed by atoms with van der Waals surface area (Å²) in [7, 11) is 0. The van der Waals surface area contributed by atoms with Crippen molar-refractivity contribution in [3.63, 3.8) is 0 Å². The predicted octanol–water partition coefficient (Wildman–Crippen LogP) is 3.76.